The number of fused-ring (bicyclic) bond motifs is 1. The van der Waals surface area contributed by atoms with Crippen LogP contribution in [0, 0.1) is 0 Å². The van der Waals surface area contributed by atoms with Crippen LogP contribution in [0.1, 0.15) is 35.5 Å². The van der Waals surface area contributed by atoms with Crippen LogP contribution in [0.3, 0.4) is 0 Å². The van der Waals surface area contributed by atoms with Crippen molar-refractivity contribution in [1.82, 2.24) is 20.3 Å². The van der Waals surface area contributed by atoms with Crippen LogP contribution in [0.2, 0.25) is 0 Å². The molecule has 0 radical (unpaired) electrons. The van der Waals surface area contributed by atoms with E-state index >= 15 is 0 Å². The van der Waals surface area contributed by atoms with E-state index < -0.39 is 0 Å². The van der Waals surface area contributed by atoms with Gasteiger partial charge in [0.05, 0.1) is 5.56 Å². The Balaban J connectivity index is 1.90. The van der Waals surface area contributed by atoms with Crippen molar-refractivity contribution in [2.24, 2.45) is 0 Å². The van der Waals surface area contributed by atoms with E-state index in [1.54, 1.807) is 19.6 Å². The maximum atomic E-state index is 12.3. The lowest BCUT2D eigenvalue weighted by Crippen LogP contribution is -2.26. The Morgan fingerprint density at radius 1 is 1.28 bits per heavy atom. The third-order valence-corrected chi connectivity index (χ3v) is 4.25. The minimum Gasteiger partial charge on any atom is -0.367 e. The molecule has 0 aliphatic carbocycles. The summed E-state index contributed by atoms with van der Waals surface area (Å²) in [5, 5.41) is 6.00. The maximum Gasteiger partial charge on any atom is 0.254 e. The van der Waals surface area contributed by atoms with E-state index in [1.165, 1.54) is 0 Å². The standard InChI is InChI=1S/C18H24N6O/c1-12(2)22-17-14(18(25)19-3)10-13-5-8-24(9-6-15(13)23-17)16-4-7-20-11-21-16/h4,7,10-12H,5-6,8-9H2,1-3H3,(H,19,25)(H,22,23). The fourth-order valence-electron chi connectivity index (χ4n) is 3.02. The zero-order valence-corrected chi connectivity index (χ0v) is 14.9. The van der Waals surface area contributed by atoms with Crippen LogP contribution < -0.4 is 15.5 Å². The molecule has 132 valence electrons. The average molecular weight is 340 g/mol. The first-order valence-electron chi connectivity index (χ1n) is 8.61. The topological polar surface area (TPSA) is 83.0 Å². The van der Waals surface area contributed by atoms with E-state index in [0.717, 1.165) is 43.0 Å². The summed E-state index contributed by atoms with van der Waals surface area (Å²) in [7, 11) is 1.64. The molecule has 2 aromatic heterocycles. The molecule has 0 saturated carbocycles. The van der Waals surface area contributed by atoms with Crippen LogP contribution in [0.15, 0.2) is 24.7 Å². The van der Waals surface area contributed by atoms with Gasteiger partial charge in [-0.25, -0.2) is 15.0 Å². The molecule has 2 N–H and O–H groups in total. The summed E-state index contributed by atoms with van der Waals surface area (Å²) < 4.78 is 0. The second-order valence-electron chi connectivity index (χ2n) is 6.42. The lowest BCUT2D eigenvalue weighted by Gasteiger charge is -2.20. The molecule has 0 spiro atoms. The van der Waals surface area contributed by atoms with Gasteiger partial charge in [0.2, 0.25) is 0 Å². The van der Waals surface area contributed by atoms with E-state index in [9.17, 15) is 4.79 Å². The normalized spacial score (nSPS) is 14.0. The van der Waals surface area contributed by atoms with Gasteiger partial charge in [-0.15, -0.1) is 0 Å². The highest BCUT2D eigenvalue weighted by molar-refractivity contribution is 5.98. The Morgan fingerprint density at radius 2 is 2.08 bits per heavy atom. The molecule has 7 nitrogen and oxygen atoms in total. The van der Waals surface area contributed by atoms with Crippen molar-refractivity contribution in [3.63, 3.8) is 0 Å². The highest BCUT2D eigenvalue weighted by atomic mass is 16.1. The minimum absolute atomic E-state index is 0.115. The molecular weight excluding hydrogens is 316 g/mol. The number of anilines is 2. The first-order chi connectivity index (χ1) is 12.1. The Kier molecular flexibility index (Phi) is 5.11. The van der Waals surface area contributed by atoms with Crippen LogP contribution in [-0.2, 0) is 12.8 Å². The van der Waals surface area contributed by atoms with Crippen molar-refractivity contribution >= 4 is 17.5 Å². The van der Waals surface area contributed by atoms with Crippen LogP contribution >= 0.6 is 0 Å². The third-order valence-electron chi connectivity index (χ3n) is 4.25. The molecule has 0 fully saturated rings. The number of aromatic nitrogens is 3. The van der Waals surface area contributed by atoms with Crippen molar-refractivity contribution in [2.45, 2.75) is 32.7 Å². The number of nitrogens with zero attached hydrogens (tertiary/aromatic N) is 4. The van der Waals surface area contributed by atoms with E-state index in [2.05, 4.69) is 25.5 Å². The van der Waals surface area contributed by atoms with Gasteiger partial charge in [-0.1, -0.05) is 0 Å². The summed E-state index contributed by atoms with van der Waals surface area (Å²) in [5.41, 5.74) is 2.78. The number of hydrogen-bond donors (Lipinski definition) is 2. The predicted octanol–water partition coefficient (Wildman–Crippen LogP) is 1.66. The van der Waals surface area contributed by atoms with E-state index in [-0.39, 0.29) is 11.9 Å². The Morgan fingerprint density at radius 3 is 2.76 bits per heavy atom. The Hall–Kier alpha value is -2.70. The molecular formula is C18H24N6O. The summed E-state index contributed by atoms with van der Waals surface area (Å²) in [6, 6.07) is 4.11. The molecule has 0 aromatic carbocycles. The molecule has 1 aliphatic rings. The number of rotatable bonds is 4. The number of carbonyl (C=O) groups excluding carboxylic acids is 1. The second kappa shape index (κ2) is 7.46. The van der Waals surface area contributed by atoms with E-state index in [4.69, 9.17) is 4.98 Å². The van der Waals surface area contributed by atoms with Gasteiger partial charge in [0.25, 0.3) is 5.91 Å². The SMILES string of the molecule is CNC(=O)c1cc2c(nc1NC(C)C)CCN(c1ccncn1)CC2. The molecule has 25 heavy (non-hydrogen) atoms. The fourth-order valence-corrected chi connectivity index (χ4v) is 3.02. The second-order valence-corrected chi connectivity index (χ2v) is 6.42. The highest BCUT2D eigenvalue weighted by Crippen LogP contribution is 2.23. The van der Waals surface area contributed by atoms with Crippen LogP contribution in [0.25, 0.3) is 0 Å². The maximum absolute atomic E-state index is 12.3. The van der Waals surface area contributed by atoms with E-state index in [0.29, 0.717) is 11.4 Å². The van der Waals surface area contributed by atoms with Gasteiger partial charge in [0.1, 0.15) is 18.0 Å². The van der Waals surface area contributed by atoms with Gasteiger partial charge in [-0.3, -0.25) is 4.79 Å². The van der Waals surface area contributed by atoms with Gasteiger partial charge >= 0.3 is 0 Å². The van der Waals surface area contributed by atoms with Gasteiger partial charge in [0.15, 0.2) is 0 Å². The molecule has 1 amide bonds. The zero-order valence-electron chi connectivity index (χ0n) is 14.9. The van der Waals surface area contributed by atoms with Gasteiger partial charge in [0, 0.05) is 44.5 Å². The van der Waals surface area contributed by atoms with Gasteiger partial charge in [-0.05, 0) is 38.0 Å². The van der Waals surface area contributed by atoms with Crippen molar-refractivity contribution in [3.8, 4) is 0 Å². The van der Waals surface area contributed by atoms with Gasteiger partial charge < -0.3 is 15.5 Å². The lowest BCUT2D eigenvalue weighted by atomic mass is 10.0. The minimum atomic E-state index is -0.115. The molecule has 7 heteroatoms. The fraction of sp³-hybridized carbons (Fsp3) is 0.444. The molecule has 1 aliphatic heterocycles. The largest absolute Gasteiger partial charge is 0.367 e. The van der Waals surface area contributed by atoms with Crippen molar-refractivity contribution in [2.75, 3.05) is 30.4 Å². The molecule has 3 heterocycles. The summed E-state index contributed by atoms with van der Waals surface area (Å²) in [5.74, 6) is 1.47. The van der Waals surface area contributed by atoms with Gasteiger partial charge in [-0.2, -0.15) is 0 Å². The number of amides is 1. The molecule has 3 rings (SSSR count). The predicted molar refractivity (Wildman–Crippen MR) is 98.0 cm³/mol. The average Bonchev–Trinajstić information content (AvgIpc) is 2.83. The summed E-state index contributed by atoms with van der Waals surface area (Å²) >= 11 is 0. The number of pyridine rings is 1. The van der Waals surface area contributed by atoms with Crippen molar-refractivity contribution in [1.29, 1.82) is 0 Å². The summed E-state index contributed by atoms with van der Waals surface area (Å²) in [4.78, 5) is 27.6. The third kappa shape index (κ3) is 3.87. The van der Waals surface area contributed by atoms with Crippen molar-refractivity contribution in [3.05, 3.63) is 41.5 Å². The first kappa shape index (κ1) is 17.1. The lowest BCUT2D eigenvalue weighted by molar-refractivity contribution is 0.0963. The number of carbonyl (C=O) groups is 1. The number of hydrogen-bond acceptors (Lipinski definition) is 6. The monoisotopic (exact) mass is 340 g/mol. The molecule has 0 unspecified atom stereocenters. The molecule has 0 atom stereocenters. The van der Waals surface area contributed by atoms with Crippen molar-refractivity contribution < 1.29 is 4.79 Å². The quantitative estimate of drug-likeness (QED) is 0.881. The summed E-state index contributed by atoms with van der Waals surface area (Å²) in [6.07, 6.45) is 4.98. The van der Waals surface area contributed by atoms with Crippen LogP contribution in [0.4, 0.5) is 11.6 Å². The van der Waals surface area contributed by atoms with Crippen LogP contribution in [0.5, 0.6) is 0 Å². The molecule has 0 bridgehead atoms. The number of nitrogens with one attached hydrogen (secondary N) is 2. The first-order valence-corrected chi connectivity index (χ1v) is 8.61. The smallest absolute Gasteiger partial charge is 0.254 e. The van der Waals surface area contributed by atoms with E-state index in [1.807, 2.05) is 26.0 Å². The molecule has 0 saturated heterocycles. The zero-order chi connectivity index (χ0) is 17.8. The van der Waals surface area contributed by atoms with Crippen LogP contribution in [-0.4, -0.2) is 47.0 Å². The Bertz CT molecular complexity index is 747. The summed E-state index contributed by atoms with van der Waals surface area (Å²) in [6.45, 7) is 5.77. The Labute approximate surface area is 147 Å². The highest BCUT2D eigenvalue weighted by Gasteiger charge is 2.21. The molecule has 2 aromatic rings.